The maximum absolute atomic E-state index is 12.9. The number of carbonyl (C=O) groups is 3. The predicted molar refractivity (Wildman–Crippen MR) is 153 cm³/mol. The molecule has 0 heterocycles. The van der Waals surface area contributed by atoms with Crippen molar-refractivity contribution >= 4 is 17.9 Å². The standard InChI is InChI=1S/C31H54O8/c1-5-9-13-17-21-36-28(32)26(29(33)37-22-18-14-10-6-2)25-27(30(34)38-23-19-15-11-7-3)31(35)39-24-20-16-12-8-4/h25,32H,5-24H2,1-4H3/b28-26-. The lowest BCUT2D eigenvalue weighted by Gasteiger charge is -2.12. The number of aliphatic hydroxyl groups excluding tert-OH is 1. The van der Waals surface area contributed by atoms with Crippen LogP contribution in [0.3, 0.4) is 0 Å². The summed E-state index contributed by atoms with van der Waals surface area (Å²) in [6.07, 6.45) is 15.5. The lowest BCUT2D eigenvalue weighted by atomic mass is 10.1. The van der Waals surface area contributed by atoms with Gasteiger partial charge in [0.25, 0.3) is 5.95 Å². The van der Waals surface area contributed by atoms with Crippen molar-refractivity contribution in [2.75, 3.05) is 26.4 Å². The molecule has 0 saturated heterocycles. The third kappa shape index (κ3) is 19.2. The summed E-state index contributed by atoms with van der Waals surface area (Å²) in [5.41, 5.74) is -0.873. The first-order valence-electron chi connectivity index (χ1n) is 15.2. The number of hydrogen-bond donors (Lipinski definition) is 1. The smallest absolute Gasteiger partial charge is 0.345 e. The van der Waals surface area contributed by atoms with Gasteiger partial charge in [0.15, 0.2) is 0 Å². The van der Waals surface area contributed by atoms with Crippen molar-refractivity contribution in [3.63, 3.8) is 0 Å². The van der Waals surface area contributed by atoms with Crippen molar-refractivity contribution < 1.29 is 38.4 Å². The van der Waals surface area contributed by atoms with E-state index in [0.29, 0.717) is 25.7 Å². The van der Waals surface area contributed by atoms with Gasteiger partial charge in [-0.15, -0.1) is 0 Å². The van der Waals surface area contributed by atoms with Gasteiger partial charge in [-0.05, 0) is 31.8 Å². The number of ether oxygens (including phenoxy) is 4. The molecule has 0 spiro atoms. The Kier molecular flexibility index (Phi) is 24.1. The number of rotatable bonds is 25. The molecule has 0 unspecified atom stereocenters. The lowest BCUT2D eigenvalue weighted by molar-refractivity contribution is -0.147. The van der Waals surface area contributed by atoms with Gasteiger partial charge in [-0.1, -0.05) is 105 Å². The van der Waals surface area contributed by atoms with Crippen LogP contribution in [0.5, 0.6) is 0 Å². The number of unbranched alkanes of at least 4 members (excludes halogenated alkanes) is 12. The van der Waals surface area contributed by atoms with Crippen molar-refractivity contribution in [3.8, 4) is 0 Å². The quantitative estimate of drug-likeness (QED) is 0.0179. The highest BCUT2D eigenvalue weighted by atomic mass is 16.6. The second kappa shape index (κ2) is 25.8. The highest BCUT2D eigenvalue weighted by Crippen LogP contribution is 2.16. The zero-order chi connectivity index (χ0) is 29.1. The minimum Gasteiger partial charge on any atom is -0.480 e. The summed E-state index contributed by atoms with van der Waals surface area (Å²) in [6, 6.07) is 0. The molecule has 0 fully saturated rings. The molecule has 0 radical (unpaired) electrons. The van der Waals surface area contributed by atoms with Gasteiger partial charge < -0.3 is 24.1 Å². The summed E-state index contributed by atoms with van der Waals surface area (Å²) in [5, 5.41) is 10.6. The molecule has 0 rings (SSSR count). The Hall–Kier alpha value is -2.51. The Morgan fingerprint density at radius 2 is 0.821 bits per heavy atom. The minimum absolute atomic E-state index is 0.140. The van der Waals surface area contributed by atoms with Crippen LogP contribution in [0.4, 0.5) is 0 Å². The molecular weight excluding hydrogens is 500 g/mol. The summed E-state index contributed by atoms with van der Waals surface area (Å²) >= 11 is 0. The van der Waals surface area contributed by atoms with Gasteiger partial charge in [0, 0.05) is 0 Å². The molecule has 0 amide bonds. The first-order valence-corrected chi connectivity index (χ1v) is 15.2. The van der Waals surface area contributed by atoms with E-state index in [9.17, 15) is 19.5 Å². The van der Waals surface area contributed by atoms with E-state index in [1.807, 2.05) is 0 Å². The number of hydrogen-bond acceptors (Lipinski definition) is 8. The fourth-order valence-electron chi connectivity index (χ4n) is 3.64. The second-order valence-electron chi connectivity index (χ2n) is 9.78. The van der Waals surface area contributed by atoms with Crippen molar-refractivity contribution in [3.05, 3.63) is 23.2 Å². The largest absolute Gasteiger partial charge is 0.480 e. The van der Waals surface area contributed by atoms with Gasteiger partial charge >= 0.3 is 17.9 Å². The van der Waals surface area contributed by atoms with E-state index in [2.05, 4.69) is 27.7 Å². The van der Waals surface area contributed by atoms with Gasteiger partial charge in [0.2, 0.25) is 0 Å². The predicted octanol–water partition coefficient (Wildman–Crippen LogP) is 7.65. The summed E-state index contributed by atoms with van der Waals surface area (Å²) in [7, 11) is 0. The molecule has 8 nitrogen and oxygen atoms in total. The first-order chi connectivity index (χ1) is 18.9. The fraction of sp³-hybridized carbons (Fsp3) is 0.774. The van der Waals surface area contributed by atoms with Crippen molar-refractivity contribution in [1.29, 1.82) is 0 Å². The van der Waals surface area contributed by atoms with E-state index >= 15 is 0 Å². The van der Waals surface area contributed by atoms with Gasteiger partial charge in [-0.3, -0.25) is 0 Å². The van der Waals surface area contributed by atoms with Crippen LogP contribution in [-0.4, -0.2) is 49.4 Å². The zero-order valence-electron chi connectivity index (χ0n) is 25.0. The molecule has 0 atom stereocenters. The first kappa shape index (κ1) is 36.5. The monoisotopic (exact) mass is 554 g/mol. The Morgan fingerprint density at radius 3 is 1.18 bits per heavy atom. The van der Waals surface area contributed by atoms with Crippen LogP contribution in [0.15, 0.2) is 23.2 Å². The van der Waals surface area contributed by atoms with Crippen LogP contribution in [0.2, 0.25) is 0 Å². The Labute approximate surface area is 236 Å². The minimum atomic E-state index is -0.908. The Balaban J connectivity index is 5.80. The SMILES string of the molecule is CCCCCCOC(=O)C(=C/C(C(=O)OCCCCCC)=C(\O)OCCCCCC)C(=O)OCCCCCC. The van der Waals surface area contributed by atoms with Crippen molar-refractivity contribution in [1.82, 2.24) is 0 Å². The third-order valence-electron chi connectivity index (χ3n) is 6.11. The molecule has 0 aliphatic carbocycles. The molecule has 8 heteroatoms. The van der Waals surface area contributed by atoms with Crippen LogP contribution < -0.4 is 0 Å². The average Bonchev–Trinajstić information content (AvgIpc) is 2.92. The zero-order valence-corrected chi connectivity index (χ0v) is 25.0. The summed E-state index contributed by atoms with van der Waals surface area (Å²) < 4.78 is 21.4. The highest BCUT2D eigenvalue weighted by Gasteiger charge is 2.26. The molecule has 0 aromatic carbocycles. The van der Waals surface area contributed by atoms with Gasteiger partial charge in [0.1, 0.15) is 11.1 Å². The van der Waals surface area contributed by atoms with E-state index in [-0.39, 0.29) is 26.4 Å². The molecular formula is C31H54O8. The summed E-state index contributed by atoms with van der Waals surface area (Å²) in [5.74, 6) is -3.38. The van der Waals surface area contributed by atoms with Gasteiger partial charge in [-0.25, -0.2) is 14.4 Å². The van der Waals surface area contributed by atoms with E-state index in [4.69, 9.17) is 18.9 Å². The average molecular weight is 555 g/mol. The molecule has 0 bridgehead atoms. The molecule has 39 heavy (non-hydrogen) atoms. The Morgan fingerprint density at radius 1 is 0.487 bits per heavy atom. The van der Waals surface area contributed by atoms with Crippen molar-refractivity contribution in [2.45, 2.75) is 130 Å². The number of esters is 3. The van der Waals surface area contributed by atoms with E-state index in [1.54, 1.807) is 0 Å². The normalized spacial score (nSPS) is 11.4. The van der Waals surface area contributed by atoms with Crippen molar-refractivity contribution in [2.24, 2.45) is 0 Å². The lowest BCUT2D eigenvalue weighted by Crippen LogP contribution is -2.21. The van der Waals surface area contributed by atoms with Crippen LogP contribution in [0, 0.1) is 0 Å². The van der Waals surface area contributed by atoms with E-state index in [1.165, 1.54) is 0 Å². The Bertz CT molecular complexity index is 698. The molecule has 0 aromatic rings. The van der Waals surface area contributed by atoms with Gasteiger partial charge in [-0.2, -0.15) is 0 Å². The molecule has 226 valence electrons. The number of carbonyl (C=O) groups excluding carboxylic acids is 3. The maximum atomic E-state index is 12.9. The van der Waals surface area contributed by atoms with Crippen LogP contribution >= 0.6 is 0 Å². The maximum Gasteiger partial charge on any atom is 0.345 e. The molecule has 1 N–H and O–H groups in total. The summed E-state index contributed by atoms with van der Waals surface area (Å²) in [4.78, 5) is 38.7. The third-order valence-corrected chi connectivity index (χ3v) is 6.11. The van der Waals surface area contributed by atoms with Gasteiger partial charge in [0.05, 0.1) is 26.4 Å². The molecule has 0 aliphatic heterocycles. The molecule has 0 aromatic heterocycles. The van der Waals surface area contributed by atoms with Crippen LogP contribution in [-0.2, 0) is 33.3 Å². The number of aliphatic hydroxyl groups is 1. The van der Waals surface area contributed by atoms with Crippen LogP contribution in [0.25, 0.3) is 0 Å². The second-order valence-corrected chi connectivity index (χ2v) is 9.78. The van der Waals surface area contributed by atoms with Crippen LogP contribution in [0.1, 0.15) is 130 Å². The van der Waals surface area contributed by atoms with E-state index in [0.717, 1.165) is 83.1 Å². The summed E-state index contributed by atoms with van der Waals surface area (Å²) in [6.45, 7) is 8.95. The van der Waals surface area contributed by atoms with E-state index < -0.39 is 35.0 Å². The topological polar surface area (TPSA) is 108 Å². The highest BCUT2D eigenvalue weighted by molar-refractivity contribution is 6.15. The molecule has 0 saturated carbocycles. The molecule has 0 aliphatic rings. The fourth-order valence-corrected chi connectivity index (χ4v) is 3.64.